The number of anilines is 1. The predicted molar refractivity (Wildman–Crippen MR) is 110 cm³/mol. The largest absolute Gasteiger partial charge is 0.497 e. The van der Waals surface area contributed by atoms with Gasteiger partial charge in [-0.25, -0.2) is 4.39 Å². The molecule has 0 bridgehead atoms. The quantitative estimate of drug-likeness (QED) is 0.701. The Morgan fingerprint density at radius 3 is 2.86 bits per heavy atom. The Bertz CT molecular complexity index is 987. The number of carbonyl (C=O) groups excluding carboxylic acids is 1. The van der Waals surface area contributed by atoms with Gasteiger partial charge in [0, 0.05) is 37.0 Å². The molecule has 0 aliphatic heterocycles. The van der Waals surface area contributed by atoms with Crippen molar-refractivity contribution in [3.8, 4) is 11.4 Å². The number of ether oxygens (including phenoxy) is 1. The Balaban J connectivity index is 1.66. The standard InChI is InChI=1S/C21H22FN5O2/c1-23-21-25-20(15-9-11-16(22)12-10-15)26-27(21)19(28)8-5-13-24-17-6-3-4-7-18(14-17)29-2/h3,5-12,14,24H,4,13H2,1-2H3,(H,23,25,26)/b8-5+. The summed E-state index contributed by atoms with van der Waals surface area (Å²) in [6.45, 7) is 0.452. The van der Waals surface area contributed by atoms with Gasteiger partial charge in [0.1, 0.15) is 11.6 Å². The van der Waals surface area contributed by atoms with Crippen LogP contribution >= 0.6 is 0 Å². The van der Waals surface area contributed by atoms with Gasteiger partial charge in [-0.1, -0.05) is 12.2 Å². The number of halogens is 1. The molecule has 0 fully saturated rings. The van der Waals surface area contributed by atoms with Gasteiger partial charge in [0.15, 0.2) is 5.82 Å². The highest BCUT2D eigenvalue weighted by atomic mass is 19.1. The molecule has 8 heteroatoms. The minimum Gasteiger partial charge on any atom is -0.497 e. The minimum atomic E-state index is -0.347. The van der Waals surface area contributed by atoms with Gasteiger partial charge >= 0.3 is 0 Å². The van der Waals surface area contributed by atoms with Gasteiger partial charge < -0.3 is 15.4 Å². The van der Waals surface area contributed by atoms with Gasteiger partial charge in [0.2, 0.25) is 5.95 Å². The van der Waals surface area contributed by atoms with Crippen LogP contribution in [0.5, 0.6) is 0 Å². The molecule has 1 aliphatic carbocycles. The van der Waals surface area contributed by atoms with Crippen molar-refractivity contribution in [2.45, 2.75) is 6.42 Å². The zero-order valence-electron chi connectivity index (χ0n) is 16.2. The highest BCUT2D eigenvalue weighted by molar-refractivity contribution is 5.91. The van der Waals surface area contributed by atoms with E-state index in [0.717, 1.165) is 17.9 Å². The lowest BCUT2D eigenvalue weighted by molar-refractivity contribution is 0.0956. The third-order valence-corrected chi connectivity index (χ3v) is 4.11. The van der Waals surface area contributed by atoms with Crippen molar-refractivity contribution in [3.05, 3.63) is 78.0 Å². The van der Waals surface area contributed by atoms with Crippen LogP contribution in [0.25, 0.3) is 11.4 Å². The third kappa shape index (κ3) is 5.19. The van der Waals surface area contributed by atoms with Gasteiger partial charge in [0.25, 0.3) is 5.91 Å². The van der Waals surface area contributed by atoms with Crippen molar-refractivity contribution in [2.24, 2.45) is 0 Å². The molecule has 1 aromatic heterocycles. The second-order valence-corrected chi connectivity index (χ2v) is 6.10. The summed E-state index contributed by atoms with van der Waals surface area (Å²) in [4.78, 5) is 16.8. The van der Waals surface area contributed by atoms with Crippen LogP contribution in [0.15, 0.2) is 72.2 Å². The molecule has 150 valence electrons. The number of hydrogen-bond donors (Lipinski definition) is 2. The second kappa shape index (κ2) is 9.50. The first-order valence-corrected chi connectivity index (χ1v) is 9.08. The van der Waals surface area contributed by atoms with E-state index < -0.39 is 0 Å². The molecule has 0 spiro atoms. The summed E-state index contributed by atoms with van der Waals surface area (Å²) in [5.74, 6) is 0.727. The highest BCUT2D eigenvalue weighted by Crippen LogP contribution is 2.18. The monoisotopic (exact) mass is 395 g/mol. The summed E-state index contributed by atoms with van der Waals surface area (Å²) in [5, 5.41) is 10.3. The van der Waals surface area contributed by atoms with Crippen molar-refractivity contribution in [2.75, 3.05) is 26.0 Å². The molecule has 7 nitrogen and oxygen atoms in total. The molecule has 0 saturated carbocycles. The summed E-state index contributed by atoms with van der Waals surface area (Å²) in [5.41, 5.74) is 1.51. The second-order valence-electron chi connectivity index (χ2n) is 6.10. The van der Waals surface area contributed by atoms with E-state index in [-0.39, 0.29) is 11.7 Å². The van der Waals surface area contributed by atoms with E-state index in [4.69, 9.17) is 4.74 Å². The van der Waals surface area contributed by atoms with Crippen molar-refractivity contribution in [1.82, 2.24) is 20.1 Å². The molecular formula is C21H22FN5O2. The van der Waals surface area contributed by atoms with E-state index in [1.165, 1.54) is 22.9 Å². The number of nitrogens with one attached hydrogen (secondary N) is 2. The Labute approximate surface area is 168 Å². The fourth-order valence-electron chi connectivity index (χ4n) is 2.65. The number of rotatable bonds is 7. The third-order valence-electron chi connectivity index (χ3n) is 4.11. The molecule has 3 rings (SSSR count). The Morgan fingerprint density at radius 2 is 2.14 bits per heavy atom. The van der Waals surface area contributed by atoms with Crippen LogP contribution in [0.4, 0.5) is 10.3 Å². The van der Waals surface area contributed by atoms with Crippen LogP contribution in [0.1, 0.15) is 11.2 Å². The van der Waals surface area contributed by atoms with Gasteiger partial charge in [0.05, 0.1) is 7.11 Å². The first-order valence-electron chi connectivity index (χ1n) is 9.08. The number of methoxy groups -OCH3 is 1. The van der Waals surface area contributed by atoms with E-state index in [1.54, 1.807) is 32.4 Å². The fourth-order valence-corrected chi connectivity index (χ4v) is 2.65. The first-order chi connectivity index (χ1) is 14.1. The van der Waals surface area contributed by atoms with Gasteiger partial charge in [-0.05, 0) is 42.8 Å². The van der Waals surface area contributed by atoms with Gasteiger partial charge in [-0.2, -0.15) is 9.67 Å². The van der Waals surface area contributed by atoms with Crippen molar-refractivity contribution >= 4 is 11.9 Å². The molecular weight excluding hydrogens is 373 g/mol. The summed E-state index contributed by atoms with van der Waals surface area (Å²) < 4.78 is 19.5. The fraction of sp³-hybridized carbons (Fsp3) is 0.190. The van der Waals surface area contributed by atoms with E-state index in [2.05, 4.69) is 20.7 Å². The maximum absolute atomic E-state index is 13.1. The van der Waals surface area contributed by atoms with Crippen molar-refractivity contribution in [3.63, 3.8) is 0 Å². The van der Waals surface area contributed by atoms with Crippen LogP contribution in [-0.2, 0) is 4.74 Å². The van der Waals surface area contributed by atoms with Crippen LogP contribution < -0.4 is 10.6 Å². The minimum absolute atomic E-state index is 0.302. The summed E-state index contributed by atoms with van der Waals surface area (Å²) in [6.07, 6.45) is 11.8. The normalized spacial score (nSPS) is 13.6. The molecule has 0 atom stereocenters. The first kappa shape index (κ1) is 20.1. The Morgan fingerprint density at radius 1 is 1.34 bits per heavy atom. The van der Waals surface area contributed by atoms with E-state index in [1.807, 2.05) is 24.3 Å². The highest BCUT2D eigenvalue weighted by Gasteiger charge is 2.14. The van der Waals surface area contributed by atoms with E-state index in [0.29, 0.717) is 23.9 Å². The Kier molecular flexibility index (Phi) is 6.57. The zero-order valence-corrected chi connectivity index (χ0v) is 16.2. The van der Waals surface area contributed by atoms with E-state index >= 15 is 0 Å². The average Bonchev–Trinajstić information content (AvgIpc) is 3.04. The SMILES string of the molecule is CNc1nc(-c2ccc(F)cc2)nn1C(=O)/C=C/CNC1=CC(OC)=CCC=C1. The average molecular weight is 395 g/mol. The molecule has 0 saturated heterocycles. The topological polar surface area (TPSA) is 81.1 Å². The van der Waals surface area contributed by atoms with Crippen LogP contribution in [0, 0.1) is 5.82 Å². The number of hydrogen-bond acceptors (Lipinski definition) is 6. The molecule has 0 amide bonds. The lowest BCUT2D eigenvalue weighted by Crippen LogP contribution is -2.15. The number of aromatic nitrogens is 3. The number of allylic oxidation sites excluding steroid dienone is 5. The molecule has 1 aliphatic rings. The summed E-state index contributed by atoms with van der Waals surface area (Å²) in [7, 11) is 3.28. The smallest absolute Gasteiger partial charge is 0.273 e. The lowest BCUT2D eigenvalue weighted by Gasteiger charge is -2.05. The molecule has 0 radical (unpaired) electrons. The lowest BCUT2D eigenvalue weighted by atomic mass is 10.2. The van der Waals surface area contributed by atoms with E-state index in [9.17, 15) is 9.18 Å². The maximum atomic E-state index is 13.1. The Hall–Kier alpha value is -3.68. The van der Waals surface area contributed by atoms with Gasteiger partial charge in [-0.3, -0.25) is 4.79 Å². The number of nitrogens with zero attached hydrogens (tertiary/aromatic N) is 3. The zero-order chi connectivity index (χ0) is 20.6. The van der Waals surface area contributed by atoms with Crippen molar-refractivity contribution in [1.29, 1.82) is 0 Å². The molecule has 2 aromatic rings. The maximum Gasteiger partial charge on any atom is 0.273 e. The molecule has 2 N–H and O–H groups in total. The summed E-state index contributed by atoms with van der Waals surface area (Å²) in [6, 6.07) is 5.78. The van der Waals surface area contributed by atoms with Crippen LogP contribution in [0.2, 0.25) is 0 Å². The molecule has 1 heterocycles. The van der Waals surface area contributed by atoms with Crippen LogP contribution in [-0.4, -0.2) is 41.4 Å². The van der Waals surface area contributed by atoms with Crippen molar-refractivity contribution < 1.29 is 13.9 Å². The molecule has 1 aromatic carbocycles. The number of carbonyl (C=O) groups is 1. The van der Waals surface area contributed by atoms with Crippen LogP contribution in [0.3, 0.4) is 0 Å². The van der Waals surface area contributed by atoms with Gasteiger partial charge in [-0.15, -0.1) is 5.10 Å². The predicted octanol–water partition coefficient (Wildman–Crippen LogP) is 3.29. The number of benzene rings is 1. The summed E-state index contributed by atoms with van der Waals surface area (Å²) >= 11 is 0. The molecule has 29 heavy (non-hydrogen) atoms. The molecule has 0 unspecified atom stereocenters.